The van der Waals surface area contributed by atoms with Gasteiger partial charge in [0, 0.05) is 6.42 Å². The molecule has 2 N–H and O–H groups in total. The zero-order valence-electron chi connectivity index (χ0n) is 11.4. The highest BCUT2D eigenvalue weighted by Crippen LogP contribution is 2.21. The number of nitrogens with one attached hydrogen (secondary N) is 1. The van der Waals surface area contributed by atoms with Gasteiger partial charge in [0.25, 0.3) is 0 Å². The molecular formula is C16H21NO2. The van der Waals surface area contributed by atoms with E-state index < -0.39 is 0 Å². The standard InChI is InChI=1S/C16H21NO2/c1-12(14-8-5-9-15(18)11-14)17-16(19)10-13-6-3-2-4-7-13/h5-6,8-9,11-12,18H,2-4,7,10H2,1H3,(H,17,19)/t12-/m0/s1. The molecular weight excluding hydrogens is 238 g/mol. The van der Waals surface area contributed by atoms with Crippen molar-refractivity contribution in [1.82, 2.24) is 5.32 Å². The summed E-state index contributed by atoms with van der Waals surface area (Å²) >= 11 is 0. The van der Waals surface area contributed by atoms with Crippen molar-refractivity contribution in [3.05, 3.63) is 41.5 Å². The Bertz CT molecular complexity index is 479. The van der Waals surface area contributed by atoms with Crippen molar-refractivity contribution in [3.63, 3.8) is 0 Å². The molecule has 102 valence electrons. The fraction of sp³-hybridized carbons (Fsp3) is 0.438. The van der Waals surface area contributed by atoms with Gasteiger partial charge in [-0.2, -0.15) is 0 Å². The minimum Gasteiger partial charge on any atom is -0.508 e. The number of amides is 1. The molecule has 1 aromatic carbocycles. The van der Waals surface area contributed by atoms with Gasteiger partial charge in [-0.3, -0.25) is 4.79 Å². The summed E-state index contributed by atoms with van der Waals surface area (Å²) < 4.78 is 0. The van der Waals surface area contributed by atoms with Gasteiger partial charge in [0.1, 0.15) is 5.75 Å². The summed E-state index contributed by atoms with van der Waals surface area (Å²) in [4.78, 5) is 12.0. The Hall–Kier alpha value is -1.77. The van der Waals surface area contributed by atoms with Crippen molar-refractivity contribution < 1.29 is 9.90 Å². The van der Waals surface area contributed by atoms with E-state index >= 15 is 0 Å². The third-order valence-corrected chi connectivity index (χ3v) is 3.52. The molecule has 0 fully saturated rings. The van der Waals surface area contributed by atoms with Crippen molar-refractivity contribution in [2.45, 2.75) is 45.1 Å². The Morgan fingerprint density at radius 2 is 2.26 bits per heavy atom. The summed E-state index contributed by atoms with van der Waals surface area (Å²) in [6.45, 7) is 1.93. The van der Waals surface area contributed by atoms with Crippen molar-refractivity contribution in [2.24, 2.45) is 0 Å². The van der Waals surface area contributed by atoms with Gasteiger partial charge in [0.05, 0.1) is 6.04 Å². The normalized spacial score (nSPS) is 16.6. The highest BCUT2D eigenvalue weighted by Gasteiger charge is 2.12. The molecule has 0 aromatic heterocycles. The van der Waals surface area contributed by atoms with E-state index in [1.54, 1.807) is 18.2 Å². The SMILES string of the molecule is C[C@H](NC(=O)CC1=CCCCC1)c1cccc(O)c1. The first-order chi connectivity index (χ1) is 9.15. The van der Waals surface area contributed by atoms with E-state index in [0.717, 1.165) is 18.4 Å². The molecule has 2 rings (SSSR count). The van der Waals surface area contributed by atoms with Crippen molar-refractivity contribution in [2.75, 3.05) is 0 Å². The second-order valence-corrected chi connectivity index (χ2v) is 5.17. The van der Waals surface area contributed by atoms with E-state index in [1.807, 2.05) is 13.0 Å². The summed E-state index contributed by atoms with van der Waals surface area (Å²) in [5.74, 6) is 0.289. The molecule has 1 aromatic rings. The van der Waals surface area contributed by atoms with Crippen molar-refractivity contribution in [1.29, 1.82) is 0 Å². The maximum atomic E-state index is 12.0. The molecule has 1 atom stereocenters. The third-order valence-electron chi connectivity index (χ3n) is 3.52. The summed E-state index contributed by atoms with van der Waals surface area (Å²) in [7, 11) is 0. The Labute approximate surface area is 114 Å². The zero-order valence-corrected chi connectivity index (χ0v) is 11.4. The maximum absolute atomic E-state index is 12.0. The van der Waals surface area contributed by atoms with Crippen LogP contribution in [0, 0.1) is 0 Å². The number of phenolic OH excluding ortho intramolecular Hbond substituents is 1. The first-order valence-corrected chi connectivity index (χ1v) is 6.91. The number of benzene rings is 1. The van der Waals surface area contributed by atoms with E-state index in [1.165, 1.54) is 18.4 Å². The topological polar surface area (TPSA) is 49.3 Å². The van der Waals surface area contributed by atoms with Crippen LogP contribution in [0.1, 0.15) is 50.6 Å². The molecule has 3 nitrogen and oxygen atoms in total. The number of hydrogen-bond donors (Lipinski definition) is 2. The van der Waals surface area contributed by atoms with E-state index in [4.69, 9.17) is 0 Å². The van der Waals surface area contributed by atoms with Gasteiger partial charge in [-0.15, -0.1) is 0 Å². The number of rotatable bonds is 4. The first-order valence-electron chi connectivity index (χ1n) is 6.91. The predicted octanol–water partition coefficient (Wildman–Crippen LogP) is 3.46. The average Bonchev–Trinajstić information content (AvgIpc) is 2.39. The number of carbonyl (C=O) groups excluding carboxylic acids is 1. The highest BCUT2D eigenvalue weighted by molar-refractivity contribution is 5.79. The lowest BCUT2D eigenvalue weighted by molar-refractivity contribution is -0.121. The third kappa shape index (κ3) is 4.12. The molecule has 19 heavy (non-hydrogen) atoms. The molecule has 0 bridgehead atoms. The first kappa shape index (κ1) is 13.7. The molecule has 1 aliphatic rings. The van der Waals surface area contributed by atoms with Gasteiger partial charge < -0.3 is 10.4 Å². The van der Waals surface area contributed by atoms with Crippen LogP contribution < -0.4 is 5.32 Å². The second-order valence-electron chi connectivity index (χ2n) is 5.17. The van der Waals surface area contributed by atoms with Gasteiger partial charge in [0.15, 0.2) is 0 Å². The Morgan fingerprint density at radius 1 is 1.42 bits per heavy atom. The molecule has 1 amide bonds. The summed E-state index contributed by atoms with van der Waals surface area (Å²) in [6, 6.07) is 6.93. The number of aromatic hydroxyl groups is 1. The van der Waals surface area contributed by atoms with E-state index in [9.17, 15) is 9.90 Å². The molecule has 0 heterocycles. The van der Waals surface area contributed by atoms with Crippen LogP contribution in [0.3, 0.4) is 0 Å². The quantitative estimate of drug-likeness (QED) is 0.813. The van der Waals surface area contributed by atoms with Crippen LogP contribution in [0.2, 0.25) is 0 Å². The van der Waals surface area contributed by atoms with Gasteiger partial charge >= 0.3 is 0 Å². The van der Waals surface area contributed by atoms with Gasteiger partial charge in [-0.25, -0.2) is 0 Å². The maximum Gasteiger partial charge on any atom is 0.224 e. The van der Waals surface area contributed by atoms with Crippen LogP contribution in [0.15, 0.2) is 35.9 Å². The fourth-order valence-corrected chi connectivity index (χ4v) is 2.44. The van der Waals surface area contributed by atoms with Crippen LogP contribution in [0.25, 0.3) is 0 Å². The summed E-state index contributed by atoms with van der Waals surface area (Å²) in [5.41, 5.74) is 2.18. The van der Waals surface area contributed by atoms with Crippen LogP contribution in [0.4, 0.5) is 0 Å². The number of carbonyl (C=O) groups is 1. The smallest absolute Gasteiger partial charge is 0.224 e. The van der Waals surface area contributed by atoms with Crippen LogP contribution >= 0.6 is 0 Å². The Balaban J connectivity index is 1.89. The molecule has 1 aliphatic carbocycles. The molecule has 0 spiro atoms. The number of phenols is 1. The summed E-state index contributed by atoms with van der Waals surface area (Å²) in [6.07, 6.45) is 7.29. The van der Waals surface area contributed by atoms with Crippen LogP contribution in [-0.2, 0) is 4.79 Å². The minimum absolute atomic E-state index is 0.0593. The lowest BCUT2D eigenvalue weighted by Gasteiger charge is -2.17. The lowest BCUT2D eigenvalue weighted by Crippen LogP contribution is -2.26. The lowest BCUT2D eigenvalue weighted by atomic mass is 9.97. The van der Waals surface area contributed by atoms with Crippen LogP contribution in [0.5, 0.6) is 5.75 Å². The Kier molecular flexibility index (Phi) is 4.61. The molecule has 0 unspecified atom stereocenters. The van der Waals surface area contributed by atoms with E-state index in [2.05, 4.69) is 11.4 Å². The van der Waals surface area contributed by atoms with E-state index in [0.29, 0.717) is 6.42 Å². The van der Waals surface area contributed by atoms with Gasteiger partial charge in [-0.05, 0) is 50.3 Å². The second kappa shape index (κ2) is 6.41. The predicted molar refractivity (Wildman–Crippen MR) is 75.8 cm³/mol. The molecule has 3 heteroatoms. The number of allylic oxidation sites excluding steroid dienone is 1. The monoisotopic (exact) mass is 259 g/mol. The Morgan fingerprint density at radius 3 is 2.95 bits per heavy atom. The number of hydrogen-bond acceptors (Lipinski definition) is 2. The largest absolute Gasteiger partial charge is 0.508 e. The molecule has 0 aliphatic heterocycles. The average molecular weight is 259 g/mol. The van der Waals surface area contributed by atoms with Crippen molar-refractivity contribution >= 4 is 5.91 Å². The molecule has 0 radical (unpaired) electrons. The minimum atomic E-state index is -0.0798. The van der Waals surface area contributed by atoms with Gasteiger partial charge in [0.2, 0.25) is 5.91 Å². The molecule has 0 saturated carbocycles. The zero-order chi connectivity index (χ0) is 13.7. The van der Waals surface area contributed by atoms with E-state index in [-0.39, 0.29) is 17.7 Å². The fourth-order valence-electron chi connectivity index (χ4n) is 2.44. The van der Waals surface area contributed by atoms with Crippen LogP contribution in [-0.4, -0.2) is 11.0 Å². The van der Waals surface area contributed by atoms with Gasteiger partial charge in [-0.1, -0.05) is 23.8 Å². The summed E-state index contributed by atoms with van der Waals surface area (Å²) in [5, 5.41) is 12.4. The molecule has 0 saturated heterocycles. The van der Waals surface area contributed by atoms with Crippen molar-refractivity contribution in [3.8, 4) is 5.75 Å². The highest BCUT2D eigenvalue weighted by atomic mass is 16.3.